The minimum atomic E-state index is -0.356. The third kappa shape index (κ3) is 5.50. The van der Waals surface area contributed by atoms with Gasteiger partial charge in [-0.2, -0.15) is 0 Å². The van der Waals surface area contributed by atoms with Crippen LogP contribution in [-0.4, -0.2) is 25.1 Å². The van der Waals surface area contributed by atoms with Crippen LogP contribution >= 0.6 is 12.4 Å². The van der Waals surface area contributed by atoms with Crippen LogP contribution in [0.15, 0.2) is 24.3 Å². The topological polar surface area (TPSA) is 64.3 Å². The van der Waals surface area contributed by atoms with Crippen LogP contribution in [0.3, 0.4) is 0 Å². The van der Waals surface area contributed by atoms with Gasteiger partial charge in [-0.3, -0.25) is 4.79 Å². The Morgan fingerprint density at radius 3 is 2.50 bits per heavy atom. The highest BCUT2D eigenvalue weighted by Gasteiger charge is 2.28. The van der Waals surface area contributed by atoms with Crippen molar-refractivity contribution in [1.82, 2.24) is 5.32 Å². The van der Waals surface area contributed by atoms with E-state index in [0.29, 0.717) is 18.9 Å². The molecule has 5 heteroatoms. The summed E-state index contributed by atoms with van der Waals surface area (Å²) in [6, 6.07) is 7.84. The summed E-state index contributed by atoms with van der Waals surface area (Å²) < 4.78 is 5.22. The number of halogens is 1. The van der Waals surface area contributed by atoms with E-state index >= 15 is 0 Å². The Morgan fingerprint density at radius 1 is 1.36 bits per heavy atom. The maximum atomic E-state index is 12.3. The highest BCUT2D eigenvalue weighted by molar-refractivity contribution is 5.85. The second-order valence-electron chi connectivity index (χ2n) is 6.21. The molecule has 0 aromatic heterocycles. The Kier molecular flexibility index (Phi) is 8.49. The van der Waals surface area contributed by atoms with E-state index in [4.69, 9.17) is 10.5 Å². The van der Waals surface area contributed by atoms with Crippen molar-refractivity contribution in [3.63, 3.8) is 0 Å². The summed E-state index contributed by atoms with van der Waals surface area (Å²) in [5.74, 6) is 1.27. The number of ether oxygens (including phenoxy) is 1. The maximum absolute atomic E-state index is 12.3. The molecule has 1 aromatic carbocycles. The Hall–Kier alpha value is -1.26. The van der Waals surface area contributed by atoms with Crippen LogP contribution in [0.5, 0.6) is 5.75 Å². The molecule has 0 saturated carbocycles. The zero-order chi connectivity index (χ0) is 16.0. The number of hydrogen-bond acceptors (Lipinski definition) is 3. The first kappa shape index (κ1) is 20.7. The first-order valence-corrected chi connectivity index (χ1v) is 7.47. The van der Waals surface area contributed by atoms with E-state index in [9.17, 15) is 4.79 Å². The van der Waals surface area contributed by atoms with E-state index in [1.165, 1.54) is 0 Å². The van der Waals surface area contributed by atoms with Crippen LogP contribution in [0.25, 0.3) is 0 Å². The number of benzene rings is 1. The highest BCUT2D eigenvalue weighted by atomic mass is 35.5. The monoisotopic (exact) mass is 328 g/mol. The zero-order valence-corrected chi connectivity index (χ0v) is 15.0. The van der Waals surface area contributed by atoms with Gasteiger partial charge in [-0.05, 0) is 36.5 Å². The van der Waals surface area contributed by atoms with E-state index in [0.717, 1.165) is 11.3 Å². The Labute approximate surface area is 140 Å². The zero-order valence-electron chi connectivity index (χ0n) is 14.2. The quantitative estimate of drug-likeness (QED) is 0.808. The number of amides is 1. The summed E-state index contributed by atoms with van der Waals surface area (Å²) in [6.45, 7) is 8.61. The molecule has 0 aliphatic carbocycles. The second kappa shape index (κ2) is 9.01. The summed E-state index contributed by atoms with van der Waals surface area (Å²) in [7, 11) is 1.64. The number of carbonyl (C=O) groups is 1. The molecule has 0 spiro atoms. The van der Waals surface area contributed by atoms with E-state index < -0.39 is 0 Å². The van der Waals surface area contributed by atoms with Crippen molar-refractivity contribution >= 4 is 18.3 Å². The van der Waals surface area contributed by atoms with E-state index in [2.05, 4.69) is 19.2 Å². The molecule has 2 unspecified atom stereocenters. The van der Waals surface area contributed by atoms with Gasteiger partial charge in [0.1, 0.15) is 5.75 Å². The molecule has 0 heterocycles. The number of carbonyl (C=O) groups excluding carboxylic acids is 1. The van der Waals surface area contributed by atoms with Crippen LogP contribution < -0.4 is 15.8 Å². The molecule has 1 rings (SSSR count). The molecular weight excluding hydrogens is 300 g/mol. The standard InChI is InChI=1S/C17H28N2O2.ClH/c1-12(2)17(4,11-18)19-16(20)9-13(3)14-7-6-8-15(10-14)21-5;/h6-8,10,12-13H,9,11,18H2,1-5H3,(H,19,20);1H. The predicted octanol–water partition coefficient (Wildman–Crippen LogP) is 3.10. The fourth-order valence-electron chi connectivity index (χ4n) is 2.14. The van der Waals surface area contributed by atoms with E-state index in [1.54, 1.807) is 7.11 Å². The maximum Gasteiger partial charge on any atom is 0.221 e. The highest BCUT2D eigenvalue weighted by Crippen LogP contribution is 2.24. The summed E-state index contributed by atoms with van der Waals surface area (Å²) in [4.78, 5) is 12.3. The van der Waals surface area contributed by atoms with Crippen molar-refractivity contribution in [2.45, 2.75) is 45.6 Å². The van der Waals surface area contributed by atoms with Gasteiger partial charge in [0.25, 0.3) is 0 Å². The molecule has 0 aliphatic heterocycles. The summed E-state index contributed by atoms with van der Waals surface area (Å²) in [5, 5.41) is 3.08. The minimum absolute atomic E-state index is 0. The van der Waals surface area contributed by atoms with Crippen LogP contribution in [0.4, 0.5) is 0 Å². The number of hydrogen-bond donors (Lipinski definition) is 2. The molecule has 2 atom stereocenters. The first-order valence-electron chi connectivity index (χ1n) is 7.47. The molecule has 1 aromatic rings. The second-order valence-corrected chi connectivity index (χ2v) is 6.21. The number of methoxy groups -OCH3 is 1. The molecule has 3 N–H and O–H groups in total. The van der Waals surface area contributed by atoms with Crippen LogP contribution in [0, 0.1) is 5.92 Å². The van der Waals surface area contributed by atoms with Gasteiger partial charge in [-0.1, -0.05) is 32.9 Å². The van der Waals surface area contributed by atoms with Gasteiger partial charge < -0.3 is 15.8 Å². The predicted molar refractivity (Wildman–Crippen MR) is 93.7 cm³/mol. The molecule has 0 bridgehead atoms. The SMILES string of the molecule is COc1cccc(C(C)CC(=O)NC(C)(CN)C(C)C)c1.Cl. The molecule has 4 nitrogen and oxygen atoms in total. The molecule has 126 valence electrons. The normalized spacial score (nSPS) is 14.7. The molecule has 0 saturated heterocycles. The third-order valence-corrected chi connectivity index (χ3v) is 4.28. The van der Waals surface area contributed by atoms with Gasteiger partial charge in [0.2, 0.25) is 5.91 Å². The van der Waals surface area contributed by atoms with Crippen molar-refractivity contribution in [1.29, 1.82) is 0 Å². The van der Waals surface area contributed by atoms with E-state index in [-0.39, 0.29) is 29.8 Å². The Bertz CT molecular complexity index is 479. The van der Waals surface area contributed by atoms with Crippen molar-refractivity contribution < 1.29 is 9.53 Å². The van der Waals surface area contributed by atoms with Crippen molar-refractivity contribution in [3.8, 4) is 5.75 Å². The Morgan fingerprint density at radius 2 is 2.00 bits per heavy atom. The molecule has 0 radical (unpaired) electrons. The fraction of sp³-hybridized carbons (Fsp3) is 0.588. The molecule has 0 fully saturated rings. The van der Waals surface area contributed by atoms with Gasteiger partial charge in [-0.15, -0.1) is 12.4 Å². The molecule has 0 aliphatic rings. The van der Waals surface area contributed by atoms with E-state index in [1.807, 2.05) is 38.1 Å². The third-order valence-electron chi connectivity index (χ3n) is 4.28. The van der Waals surface area contributed by atoms with Gasteiger partial charge >= 0.3 is 0 Å². The number of rotatable bonds is 7. The summed E-state index contributed by atoms with van der Waals surface area (Å²) in [6.07, 6.45) is 0.440. The average molecular weight is 329 g/mol. The van der Waals surface area contributed by atoms with Gasteiger partial charge in [0.05, 0.1) is 12.6 Å². The number of nitrogens with two attached hydrogens (primary N) is 1. The van der Waals surface area contributed by atoms with Gasteiger partial charge in [0.15, 0.2) is 0 Å². The largest absolute Gasteiger partial charge is 0.497 e. The van der Waals surface area contributed by atoms with Gasteiger partial charge in [-0.25, -0.2) is 0 Å². The molecular formula is C17H29ClN2O2. The molecule has 1 amide bonds. The van der Waals surface area contributed by atoms with Crippen molar-refractivity contribution in [2.75, 3.05) is 13.7 Å². The average Bonchev–Trinajstić information content (AvgIpc) is 2.46. The first-order chi connectivity index (χ1) is 9.82. The molecule has 22 heavy (non-hydrogen) atoms. The summed E-state index contributed by atoms with van der Waals surface area (Å²) >= 11 is 0. The smallest absolute Gasteiger partial charge is 0.221 e. The lowest BCUT2D eigenvalue weighted by Gasteiger charge is -2.34. The van der Waals surface area contributed by atoms with Gasteiger partial charge in [0, 0.05) is 13.0 Å². The van der Waals surface area contributed by atoms with Crippen LogP contribution in [-0.2, 0) is 4.79 Å². The lowest BCUT2D eigenvalue weighted by Crippen LogP contribution is -2.55. The lowest BCUT2D eigenvalue weighted by molar-refractivity contribution is -0.123. The lowest BCUT2D eigenvalue weighted by atomic mass is 9.87. The fourth-order valence-corrected chi connectivity index (χ4v) is 2.14. The Balaban J connectivity index is 0.00000441. The minimum Gasteiger partial charge on any atom is -0.497 e. The summed E-state index contributed by atoms with van der Waals surface area (Å²) in [5.41, 5.74) is 6.55. The van der Waals surface area contributed by atoms with Crippen LogP contribution in [0.1, 0.15) is 45.6 Å². The number of nitrogens with one attached hydrogen (secondary N) is 1. The van der Waals surface area contributed by atoms with Crippen molar-refractivity contribution in [3.05, 3.63) is 29.8 Å². The van der Waals surface area contributed by atoms with Crippen LogP contribution in [0.2, 0.25) is 0 Å². The van der Waals surface area contributed by atoms with Crippen molar-refractivity contribution in [2.24, 2.45) is 11.7 Å².